The normalized spacial score (nSPS) is 29.2. The predicted molar refractivity (Wildman–Crippen MR) is 149 cm³/mol. The van der Waals surface area contributed by atoms with E-state index in [1.54, 1.807) is 0 Å². The second-order valence-electron chi connectivity index (χ2n) is 12.3. The van der Waals surface area contributed by atoms with Crippen molar-refractivity contribution >= 4 is 23.0 Å². The Morgan fingerprint density at radius 3 is 2.59 bits per heavy atom. The molecule has 4 heterocycles. The van der Waals surface area contributed by atoms with Crippen molar-refractivity contribution in [2.45, 2.75) is 82.3 Å². The third-order valence-electron chi connectivity index (χ3n) is 10.0. The molecule has 4 aliphatic rings. The molecule has 202 valence electrons. The highest BCUT2D eigenvalue weighted by Crippen LogP contribution is 2.40. The number of likely N-dealkylation sites (tertiary alicyclic amines) is 1. The molecule has 6 rings (SSSR count). The fourth-order valence-electron chi connectivity index (χ4n) is 7.88. The number of hydrogen-bond acceptors (Lipinski definition) is 5. The van der Waals surface area contributed by atoms with E-state index in [1.165, 1.54) is 76.4 Å². The molecule has 2 amide bonds. The topological polar surface area (TPSA) is 91.5 Å². The molecule has 2 aromatic rings. The summed E-state index contributed by atoms with van der Waals surface area (Å²) in [5.74, 6) is 2.23. The fraction of sp³-hybridized carbons (Fsp3) is 0.724. The molecule has 4 N–H and O–H groups in total. The predicted octanol–water partition coefficient (Wildman–Crippen LogP) is 3.87. The first-order chi connectivity index (χ1) is 18.0. The first-order valence-electron chi connectivity index (χ1n) is 14.8. The number of primary amides is 1. The molecule has 4 fully saturated rings. The smallest absolute Gasteiger partial charge is 0.312 e. The Labute approximate surface area is 221 Å². The number of nitrogens with two attached hydrogens (primary N) is 1. The van der Waals surface area contributed by atoms with E-state index >= 15 is 0 Å². The van der Waals surface area contributed by atoms with Gasteiger partial charge in [-0.2, -0.15) is 0 Å². The van der Waals surface area contributed by atoms with Gasteiger partial charge in [0.05, 0.1) is 11.0 Å². The van der Waals surface area contributed by atoms with Crippen molar-refractivity contribution in [3.05, 3.63) is 24.3 Å². The third-order valence-corrected chi connectivity index (χ3v) is 10.0. The lowest BCUT2D eigenvalue weighted by Gasteiger charge is -2.46. The summed E-state index contributed by atoms with van der Waals surface area (Å²) in [5.41, 5.74) is 8.10. The minimum absolute atomic E-state index is 0.271. The van der Waals surface area contributed by atoms with Crippen molar-refractivity contribution in [2.24, 2.45) is 17.6 Å². The van der Waals surface area contributed by atoms with E-state index in [1.807, 2.05) is 0 Å². The SMILES string of the molecule is CC1(N2CCC(n3c(N4CC5CNC(CNC(N)=O)C5C4)nc4ccccc43)CC2)CCCCCCC1. The first kappa shape index (κ1) is 25.0. The summed E-state index contributed by atoms with van der Waals surface area (Å²) in [6.45, 7) is 8.49. The van der Waals surface area contributed by atoms with E-state index in [9.17, 15) is 4.79 Å². The second-order valence-corrected chi connectivity index (χ2v) is 12.3. The molecule has 8 nitrogen and oxygen atoms in total. The number of nitrogens with one attached hydrogen (secondary N) is 2. The molecule has 3 atom stereocenters. The molecule has 0 bridgehead atoms. The van der Waals surface area contributed by atoms with Crippen LogP contribution in [0.4, 0.5) is 10.7 Å². The van der Waals surface area contributed by atoms with E-state index in [0.717, 1.165) is 31.1 Å². The second kappa shape index (κ2) is 10.4. The number of amides is 2. The highest BCUT2D eigenvalue weighted by atomic mass is 16.2. The number of carbonyl (C=O) groups excluding carboxylic acids is 1. The molecule has 1 aromatic heterocycles. The first-order valence-corrected chi connectivity index (χ1v) is 14.8. The zero-order chi connectivity index (χ0) is 25.4. The quantitative estimate of drug-likeness (QED) is 0.572. The average molecular weight is 508 g/mol. The van der Waals surface area contributed by atoms with Crippen LogP contribution in [0.3, 0.4) is 0 Å². The Balaban J connectivity index is 1.20. The van der Waals surface area contributed by atoms with Crippen molar-refractivity contribution in [3.8, 4) is 0 Å². The summed E-state index contributed by atoms with van der Waals surface area (Å²) in [6, 6.07) is 9.00. The van der Waals surface area contributed by atoms with E-state index in [4.69, 9.17) is 10.7 Å². The average Bonchev–Trinajstić information content (AvgIpc) is 3.58. The maximum Gasteiger partial charge on any atom is 0.312 e. The van der Waals surface area contributed by atoms with E-state index < -0.39 is 6.03 Å². The lowest BCUT2D eigenvalue weighted by Crippen LogP contribution is -2.50. The number of rotatable bonds is 5. The molecule has 1 aliphatic carbocycles. The molecule has 3 unspecified atom stereocenters. The van der Waals surface area contributed by atoms with Gasteiger partial charge in [0, 0.05) is 56.9 Å². The Hall–Kier alpha value is -2.32. The number of nitrogens with zero attached hydrogens (tertiary/aromatic N) is 4. The number of piperidine rings is 1. The van der Waals surface area contributed by atoms with Crippen LogP contribution < -0.4 is 21.3 Å². The number of hydrogen-bond donors (Lipinski definition) is 3. The van der Waals surface area contributed by atoms with Crippen LogP contribution in [0.25, 0.3) is 11.0 Å². The zero-order valence-corrected chi connectivity index (χ0v) is 22.5. The summed E-state index contributed by atoms with van der Waals surface area (Å²) < 4.78 is 2.58. The molecule has 3 aliphatic heterocycles. The minimum atomic E-state index is -0.443. The summed E-state index contributed by atoms with van der Waals surface area (Å²) in [7, 11) is 0. The standard InChI is InChI=1S/C29H45N7O/c1-29(13-7-3-2-4-8-14-29)35-15-11-22(12-16-35)36-26-10-6-5-9-24(26)33-28(36)34-19-21-17-31-25(23(21)20-34)18-32-27(30)37/h5-6,9-10,21-23,25,31H,2-4,7-8,11-20H2,1H3,(H3,30,32,37). The van der Waals surface area contributed by atoms with Crippen molar-refractivity contribution in [1.29, 1.82) is 0 Å². The van der Waals surface area contributed by atoms with Crippen molar-refractivity contribution in [1.82, 2.24) is 25.1 Å². The third kappa shape index (κ3) is 4.94. The van der Waals surface area contributed by atoms with E-state index in [0.29, 0.717) is 30.0 Å². The highest BCUT2D eigenvalue weighted by Gasteiger charge is 2.44. The molecular weight excluding hydrogens is 462 g/mol. The van der Waals surface area contributed by atoms with Crippen LogP contribution in [-0.2, 0) is 0 Å². The number of anilines is 1. The Kier molecular flexibility index (Phi) is 7.05. The minimum Gasteiger partial charge on any atom is -0.352 e. The molecule has 0 spiro atoms. The number of urea groups is 1. The monoisotopic (exact) mass is 507 g/mol. The van der Waals surface area contributed by atoms with Gasteiger partial charge in [-0.3, -0.25) is 4.90 Å². The number of para-hydroxylation sites is 2. The van der Waals surface area contributed by atoms with Crippen molar-refractivity contribution in [2.75, 3.05) is 44.2 Å². The van der Waals surface area contributed by atoms with Crippen LogP contribution in [0, 0.1) is 11.8 Å². The van der Waals surface area contributed by atoms with Gasteiger partial charge in [0.2, 0.25) is 5.95 Å². The van der Waals surface area contributed by atoms with Gasteiger partial charge in [-0.1, -0.05) is 44.2 Å². The largest absolute Gasteiger partial charge is 0.352 e. The zero-order valence-electron chi connectivity index (χ0n) is 22.5. The van der Waals surface area contributed by atoms with Crippen molar-refractivity contribution < 1.29 is 4.79 Å². The van der Waals surface area contributed by atoms with Gasteiger partial charge in [0.15, 0.2) is 0 Å². The van der Waals surface area contributed by atoms with Gasteiger partial charge in [-0.15, -0.1) is 0 Å². The Morgan fingerprint density at radius 2 is 1.84 bits per heavy atom. The Morgan fingerprint density at radius 1 is 1.11 bits per heavy atom. The van der Waals surface area contributed by atoms with Gasteiger partial charge in [-0.25, -0.2) is 9.78 Å². The summed E-state index contributed by atoms with van der Waals surface area (Å²) in [5, 5.41) is 6.42. The van der Waals surface area contributed by atoms with Crippen LogP contribution >= 0.6 is 0 Å². The maximum atomic E-state index is 11.3. The number of fused-ring (bicyclic) bond motifs is 2. The fourth-order valence-corrected chi connectivity index (χ4v) is 7.88. The molecule has 37 heavy (non-hydrogen) atoms. The molecule has 8 heteroatoms. The molecule has 3 saturated heterocycles. The highest BCUT2D eigenvalue weighted by molar-refractivity contribution is 5.79. The summed E-state index contributed by atoms with van der Waals surface area (Å²) in [6.07, 6.45) is 12.1. The summed E-state index contributed by atoms with van der Waals surface area (Å²) >= 11 is 0. The van der Waals surface area contributed by atoms with Crippen LogP contribution in [0.5, 0.6) is 0 Å². The van der Waals surface area contributed by atoms with Gasteiger partial charge >= 0.3 is 6.03 Å². The van der Waals surface area contributed by atoms with Gasteiger partial charge in [0.25, 0.3) is 0 Å². The lowest BCUT2D eigenvalue weighted by atomic mass is 9.82. The van der Waals surface area contributed by atoms with Gasteiger partial charge in [0.1, 0.15) is 0 Å². The number of benzene rings is 1. The van der Waals surface area contributed by atoms with Crippen LogP contribution in [-0.4, -0.2) is 71.3 Å². The molecule has 1 aromatic carbocycles. The molecule has 0 radical (unpaired) electrons. The maximum absolute atomic E-state index is 11.3. The van der Waals surface area contributed by atoms with Crippen LogP contribution in [0.1, 0.15) is 70.8 Å². The van der Waals surface area contributed by atoms with Gasteiger partial charge in [-0.05, 0) is 56.6 Å². The van der Waals surface area contributed by atoms with Crippen LogP contribution in [0.2, 0.25) is 0 Å². The van der Waals surface area contributed by atoms with Crippen molar-refractivity contribution in [3.63, 3.8) is 0 Å². The number of aromatic nitrogens is 2. The van der Waals surface area contributed by atoms with Crippen LogP contribution in [0.15, 0.2) is 24.3 Å². The number of carbonyl (C=O) groups is 1. The van der Waals surface area contributed by atoms with E-state index in [2.05, 4.69) is 56.2 Å². The summed E-state index contributed by atoms with van der Waals surface area (Å²) in [4.78, 5) is 21.8. The molecule has 1 saturated carbocycles. The van der Waals surface area contributed by atoms with Gasteiger partial charge < -0.3 is 25.8 Å². The molecular formula is C29H45N7O. The number of imidazole rings is 1. The Bertz CT molecular complexity index is 1080. The lowest BCUT2D eigenvalue weighted by molar-refractivity contribution is 0.0443. The van der Waals surface area contributed by atoms with E-state index in [-0.39, 0.29) is 6.04 Å².